The van der Waals surface area contributed by atoms with Gasteiger partial charge in [0.25, 0.3) is 0 Å². The number of carbonyl (C=O) groups is 1. The van der Waals surface area contributed by atoms with Crippen LogP contribution in [0.2, 0.25) is 5.02 Å². The number of rotatable bonds is 13. The van der Waals surface area contributed by atoms with Crippen molar-refractivity contribution in [3.05, 3.63) is 142 Å². The molecule has 10 rings (SSSR count). The average molecular weight is 818 g/mol. The molecule has 6 aliphatic carbocycles. The van der Waals surface area contributed by atoms with Gasteiger partial charge in [0, 0.05) is 58.5 Å². The van der Waals surface area contributed by atoms with Gasteiger partial charge in [-0.25, -0.2) is 4.39 Å². The molecule has 3 saturated carbocycles. The van der Waals surface area contributed by atoms with E-state index in [1.54, 1.807) is 12.1 Å². The first-order valence-corrected chi connectivity index (χ1v) is 22.0. The molecule has 8 heteroatoms. The maximum absolute atomic E-state index is 15.3. The summed E-state index contributed by atoms with van der Waals surface area (Å²) in [4.78, 5) is 17.1. The topological polar surface area (TPSA) is 90.2 Å². The monoisotopic (exact) mass is 817 g/mol. The van der Waals surface area contributed by atoms with E-state index in [1.807, 2.05) is 42.5 Å². The maximum Gasteiger partial charge on any atom is 0.164 e. The number of hydrogen-bond donors (Lipinski definition) is 3. The summed E-state index contributed by atoms with van der Waals surface area (Å²) in [6, 6.07) is 29.1. The smallest absolute Gasteiger partial charge is 0.164 e. The molecule has 4 aromatic carbocycles. The molecule has 6 nitrogen and oxygen atoms in total. The number of allylic oxidation sites excluding steroid dienone is 4. The van der Waals surface area contributed by atoms with Crippen LogP contribution in [0.15, 0.2) is 115 Å². The average Bonchev–Trinajstić information content (AvgIpc) is 3.49. The summed E-state index contributed by atoms with van der Waals surface area (Å²) >= 11 is 6.54. The minimum absolute atomic E-state index is 0.0678. The number of carbonyl (C=O) groups excluding carboxylic acids is 1. The summed E-state index contributed by atoms with van der Waals surface area (Å²) in [5.41, 5.74) is 0.00500. The van der Waals surface area contributed by atoms with Gasteiger partial charge in [0.15, 0.2) is 5.78 Å². The molecule has 0 aliphatic heterocycles. The van der Waals surface area contributed by atoms with Crippen molar-refractivity contribution >= 4 is 28.2 Å². The van der Waals surface area contributed by atoms with Gasteiger partial charge in [-0.3, -0.25) is 9.69 Å². The molecule has 6 aliphatic rings. The normalized spacial score (nSPS) is 33.7. The Balaban J connectivity index is 1.06. The first-order valence-electron chi connectivity index (χ1n) is 21.6. The van der Waals surface area contributed by atoms with Crippen molar-refractivity contribution in [1.82, 2.24) is 4.90 Å². The van der Waals surface area contributed by atoms with E-state index in [9.17, 15) is 20.1 Å². The standard InChI is InChI=1S/C51H57ClFNO5/c1-47-21-18-37(55)27-49(47)24-25-51(41(28-49)44(57)26-40-42(52)16-9-17-43(40)53)45(47)19-22-48(2)46(51)20-23-50(48,58)33-54(29-36-14-8-13-35-12-6-7-15-39(35)36)30-38(56)32-59-31-34-10-4-3-5-11-34/h3-17,24-25,28,37-38,45-46,55-56,58H,18-23,26-27,29-33H2,1-2H3/t37?,38-,45-,46-,47-,48+,49+,50-,51-/m1/s1. The number of nitrogens with zero attached hydrogens (tertiary/aromatic N) is 1. The second kappa shape index (κ2) is 15.3. The predicted octanol–water partition coefficient (Wildman–Crippen LogP) is 9.41. The van der Waals surface area contributed by atoms with Gasteiger partial charge >= 0.3 is 0 Å². The van der Waals surface area contributed by atoms with Crippen molar-refractivity contribution in [1.29, 1.82) is 0 Å². The van der Waals surface area contributed by atoms with E-state index >= 15 is 4.39 Å². The predicted molar refractivity (Wildman–Crippen MR) is 230 cm³/mol. The molecule has 9 atom stereocenters. The summed E-state index contributed by atoms with van der Waals surface area (Å²) < 4.78 is 21.3. The first-order chi connectivity index (χ1) is 28.3. The van der Waals surface area contributed by atoms with Gasteiger partial charge in [-0.05, 0) is 96.2 Å². The quantitative estimate of drug-likeness (QED) is 0.117. The van der Waals surface area contributed by atoms with E-state index < -0.39 is 39.9 Å². The van der Waals surface area contributed by atoms with Crippen molar-refractivity contribution in [2.24, 2.45) is 33.5 Å². The number of ether oxygens (including phenoxy) is 1. The molecule has 310 valence electrons. The van der Waals surface area contributed by atoms with Gasteiger partial charge < -0.3 is 20.1 Å². The van der Waals surface area contributed by atoms with Crippen LogP contribution in [0.5, 0.6) is 0 Å². The molecule has 0 aromatic heterocycles. The Morgan fingerprint density at radius 3 is 2.42 bits per heavy atom. The highest BCUT2D eigenvalue weighted by Gasteiger charge is 2.74. The molecule has 0 heterocycles. The Labute approximate surface area is 352 Å². The van der Waals surface area contributed by atoms with Gasteiger partial charge in [0.2, 0.25) is 0 Å². The van der Waals surface area contributed by atoms with Crippen molar-refractivity contribution in [2.45, 2.75) is 96.2 Å². The molecule has 0 amide bonds. The molecule has 59 heavy (non-hydrogen) atoms. The number of fused-ring (bicyclic) bond motifs is 2. The zero-order valence-electron chi connectivity index (χ0n) is 34.3. The van der Waals surface area contributed by atoms with Gasteiger partial charge in [0.1, 0.15) is 5.82 Å². The Hall–Kier alpha value is -3.69. The van der Waals surface area contributed by atoms with Crippen molar-refractivity contribution in [2.75, 3.05) is 19.7 Å². The lowest BCUT2D eigenvalue weighted by atomic mass is 9.32. The molecule has 0 saturated heterocycles. The Morgan fingerprint density at radius 2 is 1.61 bits per heavy atom. The molecular formula is C51H57ClFNO5. The van der Waals surface area contributed by atoms with Crippen LogP contribution < -0.4 is 0 Å². The first kappa shape index (κ1) is 40.7. The summed E-state index contributed by atoms with van der Waals surface area (Å²) in [6.45, 7) is 6.34. The molecule has 0 radical (unpaired) electrons. The fourth-order valence-electron chi connectivity index (χ4n) is 13.1. The number of aliphatic hydroxyl groups excluding tert-OH is 2. The molecule has 2 bridgehead atoms. The maximum atomic E-state index is 15.3. The third-order valence-corrected chi connectivity index (χ3v) is 16.4. The number of halogens is 2. The zero-order chi connectivity index (χ0) is 41.2. The summed E-state index contributed by atoms with van der Waals surface area (Å²) in [6.07, 6.45) is 10.3. The highest BCUT2D eigenvalue weighted by atomic mass is 35.5. The van der Waals surface area contributed by atoms with Gasteiger partial charge in [-0.2, -0.15) is 0 Å². The fourth-order valence-corrected chi connectivity index (χ4v) is 13.3. The van der Waals surface area contributed by atoms with E-state index in [4.69, 9.17) is 16.3 Å². The van der Waals surface area contributed by atoms with Crippen LogP contribution >= 0.6 is 11.6 Å². The molecule has 4 aromatic rings. The highest BCUT2D eigenvalue weighted by molar-refractivity contribution is 6.31. The van der Waals surface area contributed by atoms with Crippen LogP contribution in [-0.4, -0.2) is 63.5 Å². The largest absolute Gasteiger partial charge is 0.393 e. The summed E-state index contributed by atoms with van der Waals surface area (Å²) in [5, 5.41) is 38.5. The molecule has 3 fully saturated rings. The zero-order valence-corrected chi connectivity index (χ0v) is 35.0. The van der Waals surface area contributed by atoms with Gasteiger partial charge in [-0.15, -0.1) is 0 Å². The number of Topliss-reactive ketones (excluding diaryl/α,β-unsaturated/α-hetero) is 1. The van der Waals surface area contributed by atoms with E-state index in [2.05, 4.69) is 67.3 Å². The van der Waals surface area contributed by atoms with Crippen molar-refractivity contribution in [3.8, 4) is 0 Å². The Kier molecular flexibility index (Phi) is 10.6. The highest BCUT2D eigenvalue weighted by Crippen LogP contribution is 2.78. The van der Waals surface area contributed by atoms with Crippen LogP contribution in [-0.2, 0) is 29.1 Å². The van der Waals surface area contributed by atoms with Crippen LogP contribution in [0.25, 0.3) is 10.8 Å². The summed E-state index contributed by atoms with van der Waals surface area (Å²) in [7, 11) is 0. The number of ketones is 1. The van der Waals surface area contributed by atoms with Crippen molar-refractivity contribution in [3.63, 3.8) is 0 Å². The van der Waals surface area contributed by atoms with Gasteiger partial charge in [-0.1, -0.05) is 123 Å². The minimum Gasteiger partial charge on any atom is -0.393 e. The molecular weight excluding hydrogens is 761 g/mol. The Morgan fingerprint density at radius 1 is 0.898 bits per heavy atom. The number of benzene rings is 4. The molecule has 3 N–H and O–H groups in total. The second-order valence-electron chi connectivity index (χ2n) is 19.1. The van der Waals surface area contributed by atoms with E-state index in [0.717, 1.165) is 47.6 Å². The molecule has 2 spiro atoms. The van der Waals surface area contributed by atoms with Crippen molar-refractivity contribution < 1.29 is 29.2 Å². The van der Waals surface area contributed by atoms with Crippen LogP contribution in [0.1, 0.15) is 75.5 Å². The lowest BCUT2D eigenvalue weighted by Gasteiger charge is -2.71. The van der Waals surface area contributed by atoms with Crippen LogP contribution in [0, 0.1) is 39.3 Å². The SMILES string of the molecule is C[C@]12CC[C@H]3[C@]4(C=C[C@@]5(C=C4C(=O)Cc4c(F)cccc4Cl)CC(O)CC[C@]35C)[C@@H]1CC[C@@]2(O)CN(Cc1cccc2ccccc12)C[C@@H](O)COCc1ccccc1. The van der Waals surface area contributed by atoms with Crippen LogP contribution in [0.4, 0.5) is 4.39 Å². The third-order valence-electron chi connectivity index (χ3n) is 16.1. The molecule has 1 unspecified atom stereocenters. The van der Waals surface area contributed by atoms with E-state index in [1.165, 1.54) is 6.07 Å². The second-order valence-corrected chi connectivity index (χ2v) is 19.5. The van der Waals surface area contributed by atoms with Crippen LogP contribution in [0.3, 0.4) is 0 Å². The minimum atomic E-state index is -1.14. The number of aliphatic hydroxyl groups is 3. The lowest BCUT2D eigenvalue weighted by molar-refractivity contribution is -0.180. The third kappa shape index (κ3) is 6.67. The van der Waals surface area contributed by atoms with E-state index in [0.29, 0.717) is 51.1 Å². The van der Waals surface area contributed by atoms with Gasteiger partial charge in [0.05, 0.1) is 31.0 Å². The lowest BCUT2D eigenvalue weighted by Crippen LogP contribution is -2.67. The number of hydrogen-bond acceptors (Lipinski definition) is 6. The summed E-state index contributed by atoms with van der Waals surface area (Å²) in [5.74, 6) is -0.579. The van der Waals surface area contributed by atoms with E-state index in [-0.39, 0.29) is 46.6 Å². The Bertz CT molecular complexity index is 2270. The fraction of sp³-hybridized carbons (Fsp3) is 0.471.